The quantitative estimate of drug-likeness (QED) is 0.232. The minimum atomic E-state index is -3.29. The molecule has 0 aliphatic carbocycles. The molecule has 0 radical (unpaired) electrons. The van der Waals surface area contributed by atoms with E-state index in [-0.39, 0.29) is 36.1 Å². The van der Waals surface area contributed by atoms with E-state index in [1.165, 1.54) is 12.5 Å². The minimum Gasteiger partial charge on any atom is -0.445 e. The number of hydrogen-bond acceptors (Lipinski definition) is 8. The predicted octanol–water partition coefficient (Wildman–Crippen LogP) is 3.86. The fourth-order valence-corrected chi connectivity index (χ4v) is 7.54. The van der Waals surface area contributed by atoms with Crippen molar-refractivity contribution >= 4 is 21.7 Å². The number of nitrogens with one attached hydrogen (secondary N) is 2. The molecule has 0 unspecified atom stereocenters. The van der Waals surface area contributed by atoms with Crippen LogP contribution in [-0.4, -0.2) is 84.0 Å². The monoisotopic (exact) mass is 624 g/mol. The van der Waals surface area contributed by atoms with Gasteiger partial charge >= 0.3 is 0 Å². The second-order valence-electron chi connectivity index (χ2n) is 11.4. The number of aliphatic hydroxyl groups excluding tert-OH is 1. The molecule has 1 aromatic heterocycles. The Morgan fingerprint density at radius 1 is 1.07 bits per heavy atom. The maximum Gasteiger partial charge on any atom is 0.253 e. The Labute approximate surface area is 260 Å². The van der Waals surface area contributed by atoms with Crippen molar-refractivity contribution < 1.29 is 27.5 Å². The number of rotatable bonds is 15. The molecule has 1 fully saturated rings. The van der Waals surface area contributed by atoms with Gasteiger partial charge in [0.2, 0.25) is 5.89 Å². The molecule has 44 heavy (non-hydrogen) atoms. The van der Waals surface area contributed by atoms with Crippen LogP contribution in [0.2, 0.25) is 0 Å². The van der Waals surface area contributed by atoms with Gasteiger partial charge < -0.3 is 25.1 Å². The number of carbonyl (C=O) groups excluding carboxylic acids is 2. The summed E-state index contributed by atoms with van der Waals surface area (Å²) in [7, 11) is -3.29. The first kappa shape index (κ1) is 33.4. The van der Waals surface area contributed by atoms with E-state index >= 15 is 0 Å². The number of nitrogens with zero attached hydrogens (tertiary/aromatic N) is 2. The van der Waals surface area contributed by atoms with E-state index < -0.39 is 39.2 Å². The number of aliphatic hydroxyl groups is 1. The van der Waals surface area contributed by atoms with Gasteiger partial charge in [-0.05, 0) is 55.9 Å². The van der Waals surface area contributed by atoms with Gasteiger partial charge in [-0.1, -0.05) is 51.1 Å². The van der Waals surface area contributed by atoms with Crippen molar-refractivity contribution in [1.29, 1.82) is 0 Å². The first-order valence-corrected chi connectivity index (χ1v) is 17.2. The van der Waals surface area contributed by atoms with Crippen molar-refractivity contribution in [2.24, 2.45) is 0 Å². The van der Waals surface area contributed by atoms with Gasteiger partial charge in [0.05, 0.1) is 29.3 Å². The molecular weight excluding hydrogens is 580 g/mol. The standard InChI is InChI=1S/C33H44N4O6S/c1-4-13-37(14-5-2)33(40)26-19-24(18-25(20-26)32-34-12-15-43-32)31(39)36-29(17-23-10-8-7-9-11-23)30(38)28-21-27(22-35-28)44(41,42)16-6-3/h7-12,15,18-20,27-30,35,38H,4-6,13-14,16-17,21-22H2,1-3H3,(H,36,39)/t27-,28-,29+,30-/m1/s1. The first-order chi connectivity index (χ1) is 21.2. The predicted molar refractivity (Wildman–Crippen MR) is 170 cm³/mol. The molecular formula is C33H44N4O6S. The zero-order valence-corrected chi connectivity index (χ0v) is 26.6. The van der Waals surface area contributed by atoms with E-state index in [1.54, 1.807) is 23.1 Å². The number of aromatic nitrogens is 1. The number of benzene rings is 2. The summed E-state index contributed by atoms with van der Waals surface area (Å²) in [5, 5.41) is 17.2. The lowest BCUT2D eigenvalue weighted by molar-refractivity contribution is 0.0737. The van der Waals surface area contributed by atoms with Crippen molar-refractivity contribution in [1.82, 2.24) is 20.5 Å². The highest BCUT2D eigenvalue weighted by Gasteiger charge is 2.39. The molecule has 3 N–H and O–H groups in total. The Bertz CT molecular complexity index is 1470. The Morgan fingerprint density at radius 3 is 2.41 bits per heavy atom. The lowest BCUT2D eigenvalue weighted by atomic mass is 9.94. The third-order valence-electron chi connectivity index (χ3n) is 7.96. The van der Waals surface area contributed by atoms with Crippen molar-refractivity contribution in [3.63, 3.8) is 0 Å². The van der Waals surface area contributed by atoms with Gasteiger partial charge in [-0.3, -0.25) is 9.59 Å². The molecule has 1 aliphatic rings. The molecule has 238 valence electrons. The SMILES string of the molecule is CCCN(CCC)C(=O)c1cc(C(=O)N[C@@H](Cc2ccccc2)[C@H](O)[C@H]2C[C@@H](S(=O)(=O)CCC)CN2)cc(-c2ncco2)c1. The van der Waals surface area contributed by atoms with E-state index in [0.29, 0.717) is 37.1 Å². The number of oxazole rings is 1. The van der Waals surface area contributed by atoms with Gasteiger partial charge in [0.1, 0.15) is 6.26 Å². The zero-order valence-electron chi connectivity index (χ0n) is 25.7. The topological polar surface area (TPSA) is 142 Å². The summed E-state index contributed by atoms with van der Waals surface area (Å²) in [6.45, 7) is 7.29. The maximum atomic E-state index is 13.9. The van der Waals surface area contributed by atoms with Crippen LogP contribution in [0.4, 0.5) is 0 Å². The van der Waals surface area contributed by atoms with Crippen molar-refractivity contribution in [3.8, 4) is 11.5 Å². The maximum absolute atomic E-state index is 13.9. The largest absolute Gasteiger partial charge is 0.445 e. The zero-order chi connectivity index (χ0) is 31.7. The highest BCUT2D eigenvalue weighted by molar-refractivity contribution is 7.92. The second-order valence-corrected chi connectivity index (χ2v) is 13.8. The fraction of sp³-hybridized carbons (Fsp3) is 0.485. The number of hydrogen-bond donors (Lipinski definition) is 3. The Balaban J connectivity index is 1.64. The highest BCUT2D eigenvalue weighted by Crippen LogP contribution is 2.24. The van der Waals surface area contributed by atoms with Crippen LogP contribution in [0.1, 0.15) is 72.7 Å². The van der Waals surface area contributed by atoms with Crippen LogP contribution >= 0.6 is 0 Å². The summed E-state index contributed by atoms with van der Waals surface area (Å²) in [4.78, 5) is 33.4. The van der Waals surface area contributed by atoms with Crippen LogP contribution < -0.4 is 10.6 Å². The van der Waals surface area contributed by atoms with Gasteiger partial charge in [0, 0.05) is 42.4 Å². The molecule has 3 aromatic rings. The van der Waals surface area contributed by atoms with Crippen molar-refractivity contribution in [2.75, 3.05) is 25.4 Å². The molecule has 4 atom stereocenters. The fourth-order valence-electron chi connectivity index (χ4n) is 5.78. The first-order valence-electron chi connectivity index (χ1n) is 15.5. The second kappa shape index (κ2) is 15.5. The molecule has 11 heteroatoms. The lowest BCUT2D eigenvalue weighted by Gasteiger charge is -2.29. The van der Waals surface area contributed by atoms with E-state index in [1.807, 2.05) is 51.1 Å². The number of sulfone groups is 1. The van der Waals surface area contributed by atoms with E-state index in [0.717, 1.165) is 18.4 Å². The Kier molecular flexibility index (Phi) is 11.7. The van der Waals surface area contributed by atoms with E-state index in [9.17, 15) is 23.1 Å². The molecule has 4 rings (SSSR count). The van der Waals surface area contributed by atoms with Gasteiger partial charge in [-0.15, -0.1) is 0 Å². The van der Waals surface area contributed by atoms with Gasteiger partial charge in [0.25, 0.3) is 11.8 Å². The van der Waals surface area contributed by atoms with E-state index in [4.69, 9.17) is 4.42 Å². The lowest BCUT2D eigenvalue weighted by Crippen LogP contribution is -2.52. The van der Waals surface area contributed by atoms with Gasteiger partial charge in [0.15, 0.2) is 9.84 Å². The van der Waals surface area contributed by atoms with Crippen molar-refractivity contribution in [2.45, 2.75) is 76.3 Å². The molecule has 0 spiro atoms. The summed E-state index contributed by atoms with van der Waals surface area (Å²) < 4.78 is 31.0. The molecule has 1 saturated heterocycles. The van der Waals surface area contributed by atoms with Crippen LogP contribution in [0, 0.1) is 0 Å². The van der Waals surface area contributed by atoms with Crippen LogP contribution in [-0.2, 0) is 16.3 Å². The Hall–Kier alpha value is -3.54. The van der Waals surface area contributed by atoms with Gasteiger partial charge in [-0.2, -0.15) is 0 Å². The molecule has 2 aromatic carbocycles. The van der Waals surface area contributed by atoms with Crippen LogP contribution in [0.3, 0.4) is 0 Å². The molecule has 0 bridgehead atoms. The number of carbonyl (C=O) groups is 2. The summed E-state index contributed by atoms with van der Waals surface area (Å²) in [6.07, 6.45) is 4.57. The third-order valence-corrected chi connectivity index (χ3v) is 10.3. The van der Waals surface area contributed by atoms with Crippen molar-refractivity contribution in [3.05, 3.63) is 77.7 Å². The normalized spacial score (nSPS) is 18.1. The molecule has 10 nitrogen and oxygen atoms in total. The van der Waals surface area contributed by atoms with Gasteiger partial charge in [-0.25, -0.2) is 13.4 Å². The smallest absolute Gasteiger partial charge is 0.253 e. The van der Waals surface area contributed by atoms with Crippen LogP contribution in [0.25, 0.3) is 11.5 Å². The summed E-state index contributed by atoms with van der Waals surface area (Å²) >= 11 is 0. The van der Waals surface area contributed by atoms with Crippen LogP contribution in [0.15, 0.2) is 65.4 Å². The number of amides is 2. The van der Waals surface area contributed by atoms with Crippen LogP contribution in [0.5, 0.6) is 0 Å². The highest BCUT2D eigenvalue weighted by atomic mass is 32.2. The minimum absolute atomic E-state index is 0.0994. The average molecular weight is 625 g/mol. The average Bonchev–Trinajstić information content (AvgIpc) is 3.74. The Morgan fingerprint density at radius 2 is 1.77 bits per heavy atom. The summed E-state index contributed by atoms with van der Waals surface area (Å²) in [5.74, 6) is -0.284. The summed E-state index contributed by atoms with van der Waals surface area (Å²) in [6, 6.07) is 13.1. The molecule has 2 amide bonds. The molecule has 2 heterocycles. The molecule has 0 saturated carbocycles. The molecule has 1 aliphatic heterocycles. The van der Waals surface area contributed by atoms with E-state index in [2.05, 4.69) is 15.6 Å². The third kappa shape index (κ3) is 8.34. The summed E-state index contributed by atoms with van der Waals surface area (Å²) in [5.41, 5.74) is 1.96.